The molecule has 2 aromatic rings. The van der Waals surface area contributed by atoms with E-state index >= 15 is 0 Å². The lowest BCUT2D eigenvalue weighted by Gasteiger charge is -2.39. The van der Waals surface area contributed by atoms with Gasteiger partial charge in [0.25, 0.3) is 0 Å². The molecule has 0 amide bonds. The predicted molar refractivity (Wildman–Crippen MR) is 228 cm³/mol. The summed E-state index contributed by atoms with van der Waals surface area (Å²) >= 11 is 0. The van der Waals surface area contributed by atoms with Gasteiger partial charge < -0.3 is 41.3 Å². The van der Waals surface area contributed by atoms with Crippen molar-refractivity contribution in [2.24, 2.45) is 5.41 Å². The third-order valence-electron chi connectivity index (χ3n) is 12.3. The Bertz CT molecular complexity index is 1650. The molecule has 1 aliphatic heterocycles. The summed E-state index contributed by atoms with van der Waals surface area (Å²) in [5, 5.41) is 72.3. The Morgan fingerprint density at radius 3 is 2.46 bits per heavy atom. The van der Waals surface area contributed by atoms with Crippen LogP contribution in [0.5, 0.6) is 5.75 Å². The quantitative estimate of drug-likeness (QED) is 0.0487. The monoisotopic (exact) mass is 787 g/mol. The van der Waals surface area contributed by atoms with E-state index in [1.54, 1.807) is 12.1 Å². The number of nitrogens with one attached hydrogen (secondary N) is 2. The van der Waals surface area contributed by atoms with Crippen LogP contribution >= 0.6 is 0 Å². The second-order valence-electron chi connectivity index (χ2n) is 16.8. The minimum atomic E-state index is -1.29. The highest BCUT2D eigenvalue weighted by Crippen LogP contribution is 2.45. The Morgan fingerprint density at radius 1 is 1.04 bits per heavy atom. The van der Waals surface area contributed by atoms with Gasteiger partial charge in [-0.05, 0) is 111 Å². The van der Waals surface area contributed by atoms with Gasteiger partial charge >= 0.3 is 5.97 Å². The number of carbonyl (C=O) groups is 1. The number of phenols is 1. The molecule has 0 unspecified atom stereocenters. The Balaban J connectivity index is 1.83. The number of aryl methyl sites for hydroxylation is 1. The molecule has 0 radical (unpaired) electrons. The van der Waals surface area contributed by atoms with Gasteiger partial charge in [-0.25, -0.2) is 0 Å². The van der Waals surface area contributed by atoms with Gasteiger partial charge in [0.15, 0.2) is 0 Å². The molecule has 1 aliphatic carbocycles. The average Bonchev–Trinajstić information content (AvgIpc) is 3.65. The summed E-state index contributed by atoms with van der Waals surface area (Å²) < 4.78 is 0. The maximum absolute atomic E-state index is 12.4. The fourth-order valence-electron chi connectivity index (χ4n) is 9.11. The lowest BCUT2D eigenvalue weighted by atomic mass is 9.73. The molecule has 0 spiro atoms. The van der Waals surface area contributed by atoms with Gasteiger partial charge in [0.2, 0.25) is 0 Å². The van der Waals surface area contributed by atoms with Crippen molar-refractivity contribution in [2.75, 3.05) is 13.2 Å². The molecule has 2 aliphatic rings. The lowest BCUT2D eigenvalue weighted by molar-refractivity contribution is -0.140. The normalized spacial score (nSPS) is 21.4. The van der Waals surface area contributed by atoms with Crippen molar-refractivity contribution in [3.8, 4) is 17.6 Å². The largest absolute Gasteiger partial charge is 0.508 e. The van der Waals surface area contributed by atoms with E-state index < -0.39 is 36.4 Å². The number of phenolic OH excluding ortho intramolecular Hbond substituents is 1. The van der Waals surface area contributed by atoms with Gasteiger partial charge in [0.05, 0.1) is 30.8 Å². The first-order valence-electron chi connectivity index (χ1n) is 21.5. The molecule has 6 atom stereocenters. The number of aliphatic hydroxyl groups excluding tert-OH is 3. The average molecular weight is 787 g/mol. The number of hydrogen-bond donors (Lipinski definition) is 8. The minimum Gasteiger partial charge on any atom is -0.508 e. The number of benzene rings is 2. The van der Waals surface area contributed by atoms with Gasteiger partial charge in [0.1, 0.15) is 5.75 Å². The third kappa shape index (κ3) is 14.4. The molecule has 0 aromatic heterocycles. The van der Waals surface area contributed by atoms with Gasteiger partial charge in [-0.2, -0.15) is 0 Å². The molecule has 1 fully saturated rings. The second-order valence-corrected chi connectivity index (χ2v) is 16.8. The Hall–Kier alpha value is -3.49. The molecule has 314 valence electrons. The van der Waals surface area contributed by atoms with Gasteiger partial charge in [-0.3, -0.25) is 4.79 Å². The number of allylic oxidation sites excluding steroid dienone is 2. The van der Waals surface area contributed by atoms with Crippen LogP contribution < -0.4 is 10.6 Å². The lowest BCUT2D eigenvalue weighted by Crippen LogP contribution is -2.54. The molecule has 4 rings (SSSR count). The highest BCUT2D eigenvalue weighted by Gasteiger charge is 2.42. The molecule has 0 bridgehead atoms. The van der Waals surface area contributed by atoms with Gasteiger partial charge in [0, 0.05) is 36.5 Å². The standard InChI is InChI=1S/C48H70N2O7/c1-4-6-7-17-39(52)28-25-38-24-23-37-15-9-8-14-36(37)16-12-19-44(47(3,57)32-35-21-26-40(53)27-22-35)50-43(42(38)31-41(54)34-51)18-13-20-45(49-5-2)48(33-46(55)56)29-10-11-30-48/h8-9,14-15,21-22,25-28,39,41,43-45,49-54,57H,4-7,10-11,13,17-20,23-24,29-34H2,1-3H3,(H,55,56)/t39-,41-,43-,44+,45-,47-/m0/s1. The molecule has 2 aromatic carbocycles. The molecule has 8 N–H and O–H groups in total. The first-order valence-corrected chi connectivity index (χ1v) is 21.5. The number of aliphatic carboxylic acids is 1. The first-order chi connectivity index (χ1) is 27.4. The summed E-state index contributed by atoms with van der Waals surface area (Å²) in [6, 6.07) is 14.1. The van der Waals surface area contributed by atoms with Crippen molar-refractivity contribution in [3.05, 3.63) is 88.5 Å². The van der Waals surface area contributed by atoms with Crippen molar-refractivity contribution in [1.82, 2.24) is 10.6 Å². The van der Waals surface area contributed by atoms with Crippen LogP contribution in [0.3, 0.4) is 0 Å². The molecule has 57 heavy (non-hydrogen) atoms. The van der Waals surface area contributed by atoms with Crippen LogP contribution in [0.15, 0.2) is 71.8 Å². The van der Waals surface area contributed by atoms with Crippen molar-refractivity contribution < 1.29 is 35.4 Å². The molecule has 9 nitrogen and oxygen atoms in total. The second kappa shape index (κ2) is 23.2. The zero-order chi connectivity index (χ0) is 41.3. The fraction of sp³-hybridized carbons (Fsp3) is 0.604. The van der Waals surface area contributed by atoms with Crippen molar-refractivity contribution >= 4 is 5.97 Å². The smallest absolute Gasteiger partial charge is 0.303 e. The van der Waals surface area contributed by atoms with Crippen molar-refractivity contribution in [3.63, 3.8) is 0 Å². The molecule has 1 saturated carbocycles. The Kier molecular flexibility index (Phi) is 18.8. The molecule has 1 heterocycles. The highest BCUT2D eigenvalue weighted by molar-refractivity contribution is 5.68. The summed E-state index contributed by atoms with van der Waals surface area (Å²) in [7, 11) is 0. The van der Waals surface area contributed by atoms with E-state index in [-0.39, 0.29) is 36.1 Å². The topological polar surface area (TPSA) is 163 Å². The van der Waals surface area contributed by atoms with Gasteiger partial charge in [-0.15, -0.1) is 0 Å². The fourth-order valence-corrected chi connectivity index (χ4v) is 9.11. The van der Waals surface area contributed by atoms with E-state index in [0.29, 0.717) is 38.5 Å². The summed E-state index contributed by atoms with van der Waals surface area (Å²) in [6.07, 6.45) is 14.1. The first kappa shape index (κ1) is 46.2. The van der Waals surface area contributed by atoms with E-state index in [1.807, 2.05) is 49.4 Å². The van der Waals surface area contributed by atoms with E-state index in [9.17, 15) is 35.4 Å². The number of carboxylic acids is 1. The number of aliphatic hydroxyl groups is 4. The number of carboxylic acid groups (broad SMARTS) is 1. The zero-order valence-corrected chi connectivity index (χ0v) is 34.7. The SMILES string of the molecule is CCCCC[C@H](O)C=CC1=C(C[C@H](O)CO)[C@H](CCC[C@H](NCC)C2(CC(=O)O)CCCC2)N[C@@H]([C@@](C)(O)Cc2ccc(O)cc2)CC#Cc2ccccc2CC1. The van der Waals surface area contributed by atoms with Crippen LogP contribution in [-0.2, 0) is 17.6 Å². The van der Waals surface area contributed by atoms with E-state index in [4.69, 9.17) is 0 Å². The van der Waals surface area contributed by atoms with Crippen molar-refractivity contribution in [1.29, 1.82) is 0 Å². The van der Waals surface area contributed by atoms with Crippen LogP contribution in [0.25, 0.3) is 0 Å². The summed E-state index contributed by atoms with van der Waals surface area (Å²) in [5.41, 5.74) is 3.16. The molecular weight excluding hydrogens is 717 g/mol. The minimum absolute atomic E-state index is 0.0243. The number of rotatable bonds is 21. The molecule has 9 heteroatoms. The zero-order valence-electron chi connectivity index (χ0n) is 34.7. The summed E-state index contributed by atoms with van der Waals surface area (Å²) in [6.45, 7) is 6.34. The van der Waals surface area contributed by atoms with Crippen LogP contribution in [-0.4, -0.2) is 85.7 Å². The third-order valence-corrected chi connectivity index (χ3v) is 12.3. The van der Waals surface area contributed by atoms with Crippen molar-refractivity contribution in [2.45, 2.75) is 166 Å². The maximum atomic E-state index is 12.4. The Morgan fingerprint density at radius 2 is 1.77 bits per heavy atom. The number of fused-ring (bicyclic) bond motifs is 1. The van der Waals surface area contributed by atoms with Crippen LogP contribution in [0.2, 0.25) is 0 Å². The Labute approximate surface area is 341 Å². The van der Waals surface area contributed by atoms with Crippen LogP contribution in [0, 0.1) is 17.3 Å². The van der Waals surface area contributed by atoms with Crippen LogP contribution in [0.1, 0.15) is 134 Å². The van der Waals surface area contributed by atoms with E-state index in [0.717, 1.165) is 92.2 Å². The summed E-state index contributed by atoms with van der Waals surface area (Å²) in [4.78, 5) is 12.2. The van der Waals surface area contributed by atoms with E-state index in [1.165, 1.54) is 0 Å². The molecule has 0 saturated heterocycles. The van der Waals surface area contributed by atoms with Crippen LogP contribution in [0.4, 0.5) is 0 Å². The van der Waals surface area contributed by atoms with Gasteiger partial charge in [-0.1, -0.05) is 107 Å². The summed E-state index contributed by atoms with van der Waals surface area (Å²) in [5.74, 6) is 6.18. The number of aromatic hydroxyl groups is 1. The maximum Gasteiger partial charge on any atom is 0.303 e. The highest BCUT2D eigenvalue weighted by atomic mass is 16.4. The molecular formula is C48H70N2O7. The number of hydrogen-bond acceptors (Lipinski definition) is 8. The number of unbranched alkanes of at least 4 members (excludes halogenated alkanes) is 2. The predicted octanol–water partition coefficient (Wildman–Crippen LogP) is 7.12. The van der Waals surface area contributed by atoms with E-state index in [2.05, 4.69) is 42.4 Å².